The van der Waals surface area contributed by atoms with E-state index in [1.165, 1.54) is 6.07 Å². The molecule has 1 aliphatic rings. The number of nitrogens with one attached hydrogen (secondary N) is 4. The molecule has 0 aromatic heterocycles. The minimum Gasteiger partial charge on any atom is -0.493 e. The van der Waals surface area contributed by atoms with Crippen molar-refractivity contribution in [2.45, 2.75) is 51.6 Å². The number of benzene rings is 3. The molecule has 3 aromatic rings. The fourth-order valence-electron chi connectivity index (χ4n) is 5.31. The number of halogens is 1. The second kappa shape index (κ2) is 18.7. The minimum absolute atomic E-state index is 0.0178. The van der Waals surface area contributed by atoms with Crippen LogP contribution >= 0.6 is 11.6 Å². The van der Waals surface area contributed by atoms with Crippen molar-refractivity contribution >= 4 is 35.2 Å². The van der Waals surface area contributed by atoms with Gasteiger partial charge in [-0.1, -0.05) is 43.6 Å². The van der Waals surface area contributed by atoms with Crippen molar-refractivity contribution in [2.24, 2.45) is 5.92 Å². The summed E-state index contributed by atoms with van der Waals surface area (Å²) in [4.78, 5) is 53.3. The monoisotopic (exact) mass is 708 g/mol. The predicted molar refractivity (Wildman–Crippen MR) is 189 cm³/mol. The van der Waals surface area contributed by atoms with Crippen molar-refractivity contribution in [3.8, 4) is 23.0 Å². The first-order chi connectivity index (χ1) is 24.1. The summed E-state index contributed by atoms with van der Waals surface area (Å²) in [5.74, 6) is 0.140. The molecule has 3 aromatic carbocycles. The Kier molecular flexibility index (Phi) is 14.2. The molecular weight excluding hydrogens is 664 g/mol. The second-order valence-corrected chi connectivity index (χ2v) is 12.6. The van der Waals surface area contributed by atoms with E-state index in [4.69, 9.17) is 30.5 Å². The first-order valence-electron chi connectivity index (χ1n) is 16.6. The van der Waals surface area contributed by atoms with Gasteiger partial charge in [-0.3, -0.25) is 19.2 Å². The maximum Gasteiger partial charge on any atom is 0.255 e. The molecule has 0 spiro atoms. The average Bonchev–Trinajstić information content (AvgIpc) is 3.11. The molecule has 50 heavy (non-hydrogen) atoms. The van der Waals surface area contributed by atoms with Crippen LogP contribution in [0.1, 0.15) is 59.4 Å². The first-order valence-corrected chi connectivity index (χ1v) is 17.0. The van der Waals surface area contributed by atoms with Crippen LogP contribution in [0.4, 0.5) is 0 Å². The summed E-state index contributed by atoms with van der Waals surface area (Å²) in [5, 5.41) is 11.9. The van der Waals surface area contributed by atoms with Gasteiger partial charge in [0.05, 0.1) is 37.9 Å². The SMILES string of the molecule is COc1ccc(CCCNC(=O)[C@@H]2CCC(=O)N[C@H](C(C)C)COc3ccc(Cl)cc3C(=O)NCCOc3ccccc3C(=O)N2)cc1OC. The largest absolute Gasteiger partial charge is 0.493 e. The standard InChI is InChI=1S/C37H45ClN4O8/c1-23(2)29-22-50-31-15-12-25(38)21-27(31)35(44)40-18-19-49-30-10-6-5-9-26(30)36(45)42-28(13-16-34(43)41-29)37(46)39-17-7-8-24-11-14-32(47-3)33(20-24)48-4/h5-6,9-12,14-15,20-21,23,28-29H,7-8,13,16-19,22H2,1-4H3,(H,39,46)(H,40,44)(H,41,43)(H,42,45)/t28-,29-/m0/s1. The van der Waals surface area contributed by atoms with Crippen LogP contribution < -0.4 is 40.2 Å². The molecule has 0 unspecified atom stereocenters. The summed E-state index contributed by atoms with van der Waals surface area (Å²) in [6.45, 7) is 4.50. The Bertz CT molecular complexity index is 1650. The van der Waals surface area contributed by atoms with Gasteiger partial charge in [0, 0.05) is 18.0 Å². The third-order valence-corrected chi connectivity index (χ3v) is 8.44. The summed E-state index contributed by atoms with van der Waals surface area (Å²) in [6.07, 6.45) is 1.30. The minimum atomic E-state index is -1.01. The highest BCUT2D eigenvalue weighted by atomic mass is 35.5. The Morgan fingerprint density at radius 3 is 2.44 bits per heavy atom. The van der Waals surface area contributed by atoms with E-state index in [0.717, 1.165) is 5.56 Å². The lowest BCUT2D eigenvalue weighted by atomic mass is 10.0. The smallest absolute Gasteiger partial charge is 0.255 e. The lowest BCUT2D eigenvalue weighted by Gasteiger charge is -2.24. The molecule has 1 heterocycles. The lowest BCUT2D eigenvalue weighted by molar-refractivity contribution is -0.124. The molecule has 4 rings (SSSR count). The van der Waals surface area contributed by atoms with Crippen molar-refractivity contribution < 1.29 is 38.1 Å². The number of carbonyl (C=O) groups is 4. The van der Waals surface area contributed by atoms with Crippen molar-refractivity contribution in [3.05, 3.63) is 82.4 Å². The Hall–Kier alpha value is -4.97. The van der Waals surface area contributed by atoms with Gasteiger partial charge in [0.25, 0.3) is 11.8 Å². The van der Waals surface area contributed by atoms with Crippen molar-refractivity contribution in [1.82, 2.24) is 21.3 Å². The molecular formula is C37H45ClN4O8. The molecule has 13 heteroatoms. The van der Waals surface area contributed by atoms with Crippen molar-refractivity contribution in [3.63, 3.8) is 0 Å². The van der Waals surface area contributed by atoms with Crippen LogP contribution in [0.5, 0.6) is 23.0 Å². The number of methoxy groups -OCH3 is 2. The maximum absolute atomic E-state index is 13.5. The highest BCUT2D eigenvalue weighted by Crippen LogP contribution is 2.28. The van der Waals surface area contributed by atoms with Gasteiger partial charge in [-0.15, -0.1) is 0 Å². The number of rotatable bonds is 8. The normalized spacial score (nSPS) is 17.5. The third-order valence-electron chi connectivity index (χ3n) is 8.20. The van der Waals surface area contributed by atoms with Crippen LogP contribution in [0.15, 0.2) is 60.7 Å². The number of hydrogen-bond donors (Lipinski definition) is 4. The Balaban J connectivity index is 1.50. The number of fused-ring (bicyclic) bond motifs is 2. The van der Waals surface area contributed by atoms with Crippen LogP contribution in [-0.2, 0) is 16.0 Å². The van der Waals surface area contributed by atoms with E-state index in [-0.39, 0.29) is 61.3 Å². The van der Waals surface area contributed by atoms with Gasteiger partial charge in [0.15, 0.2) is 11.5 Å². The molecule has 4 amide bonds. The summed E-state index contributed by atoms with van der Waals surface area (Å²) in [6, 6.07) is 15.6. The maximum atomic E-state index is 13.5. The Morgan fingerprint density at radius 1 is 0.920 bits per heavy atom. The topological polar surface area (TPSA) is 153 Å². The van der Waals surface area contributed by atoms with E-state index in [1.54, 1.807) is 50.6 Å². The Labute approximate surface area is 297 Å². The van der Waals surface area contributed by atoms with Crippen LogP contribution in [0.2, 0.25) is 5.02 Å². The zero-order valence-electron chi connectivity index (χ0n) is 28.8. The molecule has 0 fully saturated rings. The van der Waals surface area contributed by atoms with Gasteiger partial charge in [-0.2, -0.15) is 0 Å². The van der Waals surface area contributed by atoms with Gasteiger partial charge < -0.3 is 40.2 Å². The van der Waals surface area contributed by atoms with Crippen LogP contribution in [0.3, 0.4) is 0 Å². The third kappa shape index (κ3) is 10.8. The van der Waals surface area contributed by atoms with E-state index >= 15 is 0 Å². The fourth-order valence-corrected chi connectivity index (χ4v) is 5.48. The van der Waals surface area contributed by atoms with E-state index in [1.807, 2.05) is 32.0 Å². The zero-order chi connectivity index (χ0) is 36.0. The van der Waals surface area contributed by atoms with Gasteiger partial charge in [-0.25, -0.2) is 0 Å². The summed E-state index contributed by atoms with van der Waals surface area (Å²) < 4.78 is 22.6. The number of hydrogen-bond acceptors (Lipinski definition) is 8. The second-order valence-electron chi connectivity index (χ2n) is 12.1. The molecule has 0 saturated carbocycles. The predicted octanol–water partition coefficient (Wildman–Crippen LogP) is 4.33. The molecule has 0 radical (unpaired) electrons. The molecule has 0 bridgehead atoms. The van der Waals surface area contributed by atoms with E-state index < -0.39 is 29.8 Å². The molecule has 12 nitrogen and oxygen atoms in total. The van der Waals surface area contributed by atoms with Gasteiger partial charge in [0.1, 0.15) is 30.8 Å². The number of amides is 4. The number of para-hydroxylation sites is 1. The molecule has 0 aliphatic carbocycles. The molecule has 0 saturated heterocycles. The zero-order valence-corrected chi connectivity index (χ0v) is 29.6. The van der Waals surface area contributed by atoms with Crippen LogP contribution in [0.25, 0.3) is 0 Å². The number of carbonyl (C=O) groups excluding carboxylic acids is 4. The molecule has 4 N–H and O–H groups in total. The Morgan fingerprint density at radius 2 is 1.68 bits per heavy atom. The number of ether oxygens (including phenoxy) is 4. The number of aryl methyl sites for hydroxylation is 1. The van der Waals surface area contributed by atoms with Gasteiger partial charge in [-0.05, 0) is 73.2 Å². The van der Waals surface area contributed by atoms with Crippen LogP contribution in [0, 0.1) is 5.92 Å². The summed E-state index contributed by atoms with van der Waals surface area (Å²) >= 11 is 6.19. The van der Waals surface area contributed by atoms with Gasteiger partial charge >= 0.3 is 0 Å². The van der Waals surface area contributed by atoms with E-state index in [2.05, 4.69) is 21.3 Å². The summed E-state index contributed by atoms with van der Waals surface area (Å²) in [5.41, 5.74) is 1.46. The highest BCUT2D eigenvalue weighted by Gasteiger charge is 2.26. The van der Waals surface area contributed by atoms with Crippen LogP contribution in [-0.4, -0.2) is 76.2 Å². The van der Waals surface area contributed by atoms with E-state index in [0.29, 0.717) is 41.7 Å². The van der Waals surface area contributed by atoms with Crippen molar-refractivity contribution in [1.29, 1.82) is 0 Å². The van der Waals surface area contributed by atoms with Crippen molar-refractivity contribution in [2.75, 3.05) is 40.5 Å². The molecule has 2 atom stereocenters. The lowest BCUT2D eigenvalue weighted by Crippen LogP contribution is -2.48. The van der Waals surface area contributed by atoms with Gasteiger partial charge in [0.2, 0.25) is 11.8 Å². The molecule has 268 valence electrons. The highest BCUT2D eigenvalue weighted by molar-refractivity contribution is 6.31. The quantitative estimate of drug-likeness (QED) is 0.253. The fraction of sp³-hybridized carbons (Fsp3) is 0.405. The average molecular weight is 709 g/mol. The van der Waals surface area contributed by atoms with E-state index in [9.17, 15) is 19.2 Å². The molecule has 1 aliphatic heterocycles. The first kappa shape index (κ1) is 37.8. The summed E-state index contributed by atoms with van der Waals surface area (Å²) in [7, 11) is 3.15.